The second kappa shape index (κ2) is 3.98. The van der Waals surface area contributed by atoms with E-state index in [1.807, 2.05) is 17.4 Å². The molecule has 0 amide bonds. The molecule has 4 heteroatoms. The lowest BCUT2D eigenvalue weighted by molar-refractivity contribution is -0.700. The van der Waals surface area contributed by atoms with E-state index < -0.39 is 11.5 Å². The molecule has 0 saturated carbocycles. The molecule has 80 valence electrons. The molecule has 15 heavy (non-hydrogen) atoms. The Bertz CT molecular complexity index is 345. The highest BCUT2D eigenvalue weighted by atomic mass is 16.4. The summed E-state index contributed by atoms with van der Waals surface area (Å²) in [5.41, 5.74) is 0.258. The van der Waals surface area contributed by atoms with Gasteiger partial charge in [-0.1, -0.05) is 0 Å². The van der Waals surface area contributed by atoms with E-state index in [-0.39, 0.29) is 0 Å². The van der Waals surface area contributed by atoms with Gasteiger partial charge in [0.2, 0.25) is 0 Å². The van der Waals surface area contributed by atoms with Crippen LogP contribution in [0.3, 0.4) is 0 Å². The number of carbonyl (C=O) groups is 1. The number of nitrogens with zero attached hydrogens (tertiary/aromatic N) is 1. The fraction of sp³-hybridized carbons (Fsp3) is 0.455. The summed E-state index contributed by atoms with van der Waals surface area (Å²) >= 11 is 0. The van der Waals surface area contributed by atoms with Crippen molar-refractivity contribution in [1.29, 1.82) is 0 Å². The first kappa shape index (κ1) is 10.1. The Morgan fingerprint density at radius 3 is 2.80 bits per heavy atom. The maximum absolute atomic E-state index is 11.2. The number of carboxylic acids is 1. The summed E-state index contributed by atoms with van der Waals surface area (Å²) in [6.07, 6.45) is 5.54. The van der Waals surface area contributed by atoms with E-state index in [9.17, 15) is 9.90 Å². The predicted molar refractivity (Wildman–Crippen MR) is 51.7 cm³/mol. The third-order valence-corrected chi connectivity index (χ3v) is 3.04. The van der Waals surface area contributed by atoms with Crippen LogP contribution < -0.4 is 10.4 Å². The monoisotopic (exact) mass is 206 g/mol. The zero-order valence-corrected chi connectivity index (χ0v) is 8.48. The Morgan fingerprint density at radius 1 is 1.53 bits per heavy atom. The van der Waals surface area contributed by atoms with Crippen molar-refractivity contribution in [2.45, 2.75) is 24.8 Å². The van der Waals surface area contributed by atoms with Gasteiger partial charge < -0.3 is 15.2 Å². The molecule has 1 aliphatic heterocycles. The molecule has 1 aromatic rings. The van der Waals surface area contributed by atoms with E-state index in [0.717, 1.165) is 18.5 Å². The Morgan fingerprint density at radius 2 is 2.27 bits per heavy atom. The second-order valence-corrected chi connectivity index (χ2v) is 4.07. The van der Waals surface area contributed by atoms with Gasteiger partial charge in [-0.05, 0) is 17.7 Å². The number of carbonyl (C=O) groups excluding carboxylic acids is 1. The summed E-state index contributed by atoms with van der Waals surface area (Å²) in [5.74, 6) is -0.947. The molecular formula is C11H14N2O2. The third-order valence-electron chi connectivity index (χ3n) is 3.04. The number of carboxylic acid groups (broad SMARTS) is 1. The minimum Gasteiger partial charge on any atom is -0.544 e. The molecule has 1 saturated heterocycles. The number of pyridine rings is 1. The minimum absolute atomic E-state index is 0.526. The van der Waals surface area contributed by atoms with Crippen molar-refractivity contribution in [3.63, 3.8) is 0 Å². The van der Waals surface area contributed by atoms with Crippen molar-refractivity contribution in [3.8, 4) is 0 Å². The zero-order valence-electron chi connectivity index (χ0n) is 8.48. The Balaban J connectivity index is 2.18. The normalized spacial score (nSPS) is 25.3. The number of nitrogens with two attached hydrogens (primary N) is 1. The first-order valence-corrected chi connectivity index (χ1v) is 5.18. The van der Waals surface area contributed by atoms with Crippen LogP contribution in [0.25, 0.3) is 0 Å². The molecule has 0 aromatic carbocycles. The number of aliphatic carboxylic acids is 1. The summed E-state index contributed by atoms with van der Waals surface area (Å²) in [7, 11) is 0. The van der Waals surface area contributed by atoms with Crippen LogP contribution in [0.4, 0.5) is 0 Å². The predicted octanol–water partition coefficient (Wildman–Crippen LogP) is -1.53. The van der Waals surface area contributed by atoms with Gasteiger partial charge in [0.1, 0.15) is 11.5 Å². The maximum atomic E-state index is 11.2. The van der Waals surface area contributed by atoms with E-state index in [1.165, 1.54) is 0 Å². The van der Waals surface area contributed by atoms with Crippen LogP contribution in [-0.2, 0) is 11.2 Å². The van der Waals surface area contributed by atoms with E-state index in [0.29, 0.717) is 12.8 Å². The van der Waals surface area contributed by atoms with Crippen LogP contribution in [0.1, 0.15) is 18.4 Å². The third kappa shape index (κ3) is 1.99. The smallest absolute Gasteiger partial charge is 0.140 e. The van der Waals surface area contributed by atoms with Gasteiger partial charge in [0.05, 0.1) is 6.54 Å². The molecule has 1 fully saturated rings. The number of aromatic nitrogens is 1. The molecule has 2 heterocycles. The quantitative estimate of drug-likeness (QED) is 0.652. The van der Waals surface area contributed by atoms with Gasteiger partial charge >= 0.3 is 0 Å². The van der Waals surface area contributed by atoms with Crippen molar-refractivity contribution in [2.24, 2.45) is 0 Å². The van der Waals surface area contributed by atoms with Crippen molar-refractivity contribution in [2.75, 3.05) is 6.54 Å². The SMILES string of the molecule is O=C([O-])[C@@]1(Cc2ccncc2)CCC[NH2+]1. The number of rotatable bonds is 3. The Labute approximate surface area is 88.3 Å². The van der Waals surface area contributed by atoms with Gasteiger partial charge in [0.25, 0.3) is 0 Å². The van der Waals surface area contributed by atoms with Gasteiger partial charge in [0, 0.05) is 31.7 Å². The van der Waals surface area contributed by atoms with Crippen LogP contribution >= 0.6 is 0 Å². The lowest BCUT2D eigenvalue weighted by Gasteiger charge is -2.26. The van der Waals surface area contributed by atoms with Crippen molar-refractivity contribution >= 4 is 5.97 Å². The molecule has 4 nitrogen and oxygen atoms in total. The summed E-state index contributed by atoms with van der Waals surface area (Å²) in [4.78, 5) is 15.1. The van der Waals surface area contributed by atoms with Crippen molar-refractivity contribution < 1.29 is 15.2 Å². The highest BCUT2D eigenvalue weighted by Crippen LogP contribution is 2.17. The second-order valence-electron chi connectivity index (χ2n) is 4.07. The number of hydrogen-bond acceptors (Lipinski definition) is 3. The van der Waals surface area contributed by atoms with Gasteiger partial charge in [-0.2, -0.15) is 0 Å². The molecule has 1 aliphatic rings. The topological polar surface area (TPSA) is 69.6 Å². The molecule has 1 aromatic heterocycles. The van der Waals surface area contributed by atoms with Crippen LogP contribution in [0.15, 0.2) is 24.5 Å². The summed E-state index contributed by atoms with van der Waals surface area (Å²) in [6, 6.07) is 3.72. The maximum Gasteiger partial charge on any atom is 0.140 e. The summed E-state index contributed by atoms with van der Waals surface area (Å²) in [5, 5.41) is 13.1. The van der Waals surface area contributed by atoms with Gasteiger partial charge in [0.15, 0.2) is 0 Å². The molecule has 0 radical (unpaired) electrons. The van der Waals surface area contributed by atoms with Crippen molar-refractivity contribution in [1.82, 2.24) is 4.98 Å². The van der Waals surface area contributed by atoms with Crippen molar-refractivity contribution in [3.05, 3.63) is 30.1 Å². The first-order valence-electron chi connectivity index (χ1n) is 5.18. The molecule has 0 bridgehead atoms. The van der Waals surface area contributed by atoms with Crippen LogP contribution in [0.5, 0.6) is 0 Å². The van der Waals surface area contributed by atoms with Gasteiger partial charge in [-0.25, -0.2) is 0 Å². The van der Waals surface area contributed by atoms with Gasteiger partial charge in [-0.15, -0.1) is 0 Å². The van der Waals surface area contributed by atoms with E-state index in [4.69, 9.17) is 0 Å². The fourth-order valence-electron chi connectivity index (χ4n) is 2.18. The average molecular weight is 206 g/mol. The van der Waals surface area contributed by atoms with E-state index in [1.54, 1.807) is 12.4 Å². The molecule has 2 N–H and O–H groups in total. The minimum atomic E-state index is -0.947. The fourth-order valence-corrected chi connectivity index (χ4v) is 2.18. The Kier molecular flexibility index (Phi) is 2.68. The van der Waals surface area contributed by atoms with E-state index in [2.05, 4.69) is 4.98 Å². The molecule has 0 aliphatic carbocycles. The van der Waals surface area contributed by atoms with Crippen LogP contribution in [0.2, 0.25) is 0 Å². The highest BCUT2D eigenvalue weighted by molar-refractivity contribution is 5.75. The summed E-state index contributed by atoms with van der Waals surface area (Å²) < 4.78 is 0. The lowest BCUT2D eigenvalue weighted by atomic mass is 9.90. The van der Waals surface area contributed by atoms with Crippen LogP contribution in [-0.4, -0.2) is 23.0 Å². The first-order chi connectivity index (χ1) is 7.23. The van der Waals surface area contributed by atoms with Gasteiger partial charge in [-0.3, -0.25) is 4.98 Å². The van der Waals surface area contributed by atoms with E-state index >= 15 is 0 Å². The molecular weight excluding hydrogens is 192 g/mol. The molecule has 1 atom stereocenters. The lowest BCUT2D eigenvalue weighted by Crippen LogP contribution is -2.97. The largest absolute Gasteiger partial charge is 0.544 e. The standard InChI is InChI=1S/C11H14N2O2/c14-10(15)11(4-1-5-13-11)8-9-2-6-12-7-3-9/h2-3,6-7,13H,1,4-5,8H2,(H,14,15)/t11-/m0/s1. The highest BCUT2D eigenvalue weighted by Gasteiger charge is 2.39. The molecule has 0 unspecified atom stereocenters. The molecule has 0 spiro atoms. The number of hydrogen-bond donors (Lipinski definition) is 1. The average Bonchev–Trinajstić information content (AvgIpc) is 2.69. The molecule has 2 rings (SSSR count). The Hall–Kier alpha value is -1.42. The van der Waals surface area contributed by atoms with Crippen LogP contribution in [0, 0.1) is 0 Å². The number of quaternary nitrogens is 1. The summed E-state index contributed by atoms with van der Waals surface area (Å²) in [6.45, 7) is 0.874. The zero-order chi connectivity index (χ0) is 10.7.